The highest BCUT2D eigenvalue weighted by atomic mass is 35.5. The third-order valence-corrected chi connectivity index (χ3v) is 2.77. The van der Waals surface area contributed by atoms with Gasteiger partial charge in [0.25, 0.3) is 5.56 Å². The number of hydrogen-bond acceptors (Lipinski definition) is 3. The van der Waals surface area contributed by atoms with E-state index in [0.29, 0.717) is 10.6 Å². The van der Waals surface area contributed by atoms with Crippen LogP contribution in [-0.2, 0) is 11.2 Å². The number of aromatic amines is 2. The van der Waals surface area contributed by atoms with Crippen molar-refractivity contribution in [3.63, 3.8) is 0 Å². The summed E-state index contributed by atoms with van der Waals surface area (Å²) >= 11 is 5.93. The van der Waals surface area contributed by atoms with Crippen LogP contribution in [0.2, 0.25) is 5.02 Å². The number of amides is 1. The molecule has 1 aromatic heterocycles. The Morgan fingerprint density at radius 1 is 1.26 bits per heavy atom. The zero-order valence-electron chi connectivity index (χ0n) is 9.70. The van der Waals surface area contributed by atoms with Crippen LogP contribution in [0.15, 0.2) is 40.1 Å². The normalized spacial score (nSPS) is 10.2. The molecule has 2 rings (SSSR count). The van der Waals surface area contributed by atoms with Gasteiger partial charge in [-0.2, -0.15) is 0 Å². The minimum absolute atomic E-state index is 0.0170. The third kappa shape index (κ3) is 3.32. The van der Waals surface area contributed by atoms with E-state index in [-0.39, 0.29) is 12.1 Å². The lowest BCUT2D eigenvalue weighted by Gasteiger charge is -2.05. The van der Waals surface area contributed by atoms with Crippen LogP contribution in [0, 0.1) is 0 Å². The van der Waals surface area contributed by atoms with E-state index in [2.05, 4.69) is 10.3 Å². The molecule has 1 aromatic carbocycles. The number of benzene rings is 1. The molecule has 0 radical (unpaired) electrons. The second-order valence-electron chi connectivity index (χ2n) is 3.80. The standard InChI is InChI=1S/C12H10ClN3O3/c13-8-4-2-1-3-7(8)5-10(17)15-9-6-14-12(19)16-11(9)18/h1-4,6H,5H2,(H,15,17)(H2,14,16,18,19). The van der Waals surface area contributed by atoms with Crippen molar-refractivity contribution in [2.75, 3.05) is 5.32 Å². The Kier molecular flexibility index (Phi) is 3.82. The molecule has 0 saturated carbocycles. The maximum atomic E-state index is 11.8. The van der Waals surface area contributed by atoms with Crippen molar-refractivity contribution in [2.24, 2.45) is 0 Å². The smallest absolute Gasteiger partial charge is 0.320 e. The van der Waals surface area contributed by atoms with Gasteiger partial charge >= 0.3 is 5.69 Å². The highest BCUT2D eigenvalue weighted by Crippen LogP contribution is 2.15. The van der Waals surface area contributed by atoms with Gasteiger partial charge in [-0.25, -0.2) is 4.79 Å². The Morgan fingerprint density at radius 3 is 2.68 bits per heavy atom. The average Bonchev–Trinajstić information content (AvgIpc) is 2.36. The number of carbonyl (C=O) groups is 1. The lowest BCUT2D eigenvalue weighted by molar-refractivity contribution is -0.115. The monoisotopic (exact) mass is 279 g/mol. The topological polar surface area (TPSA) is 94.8 Å². The van der Waals surface area contributed by atoms with Gasteiger partial charge < -0.3 is 10.3 Å². The summed E-state index contributed by atoms with van der Waals surface area (Å²) in [5.74, 6) is -0.398. The van der Waals surface area contributed by atoms with Gasteiger partial charge in [0.15, 0.2) is 0 Å². The number of nitrogens with one attached hydrogen (secondary N) is 3. The van der Waals surface area contributed by atoms with Gasteiger partial charge in [-0.3, -0.25) is 14.6 Å². The van der Waals surface area contributed by atoms with Gasteiger partial charge in [0, 0.05) is 11.2 Å². The highest BCUT2D eigenvalue weighted by Gasteiger charge is 2.09. The first-order valence-corrected chi connectivity index (χ1v) is 5.79. The van der Waals surface area contributed by atoms with Gasteiger partial charge in [-0.1, -0.05) is 29.8 Å². The summed E-state index contributed by atoms with van der Waals surface area (Å²) in [6, 6.07) is 6.92. The van der Waals surface area contributed by atoms with Crippen LogP contribution in [0.4, 0.5) is 5.69 Å². The van der Waals surface area contributed by atoms with Crippen LogP contribution >= 0.6 is 11.6 Å². The number of aromatic nitrogens is 2. The maximum Gasteiger partial charge on any atom is 0.325 e. The second-order valence-corrected chi connectivity index (χ2v) is 4.21. The van der Waals surface area contributed by atoms with E-state index in [1.54, 1.807) is 24.3 Å². The third-order valence-electron chi connectivity index (χ3n) is 2.40. The predicted octanol–water partition coefficient (Wildman–Crippen LogP) is 0.898. The largest absolute Gasteiger partial charge is 0.325 e. The Labute approximate surface area is 112 Å². The zero-order valence-corrected chi connectivity index (χ0v) is 10.5. The van der Waals surface area contributed by atoms with Crippen LogP contribution in [0.25, 0.3) is 0 Å². The summed E-state index contributed by atoms with van der Waals surface area (Å²) in [7, 11) is 0. The molecule has 7 heteroatoms. The number of carbonyl (C=O) groups excluding carboxylic acids is 1. The summed E-state index contributed by atoms with van der Waals surface area (Å²) in [6.45, 7) is 0. The van der Waals surface area contributed by atoms with Crippen molar-refractivity contribution in [3.05, 3.63) is 61.9 Å². The van der Waals surface area contributed by atoms with Crippen LogP contribution < -0.4 is 16.6 Å². The fourth-order valence-corrected chi connectivity index (χ4v) is 1.71. The zero-order chi connectivity index (χ0) is 13.8. The first-order chi connectivity index (χ1) is 9.06. The van der Waals surface area contributed by atoms with Crippen molar-refractivity contribution in [1.29, 1.82) is 0 Å². The van der Waals surface area contributed by atoms with E-state index < -0.39 is 17.2 Å². The number of hydrogen-bond donors (Lipinski definition) is 3. The van der Waals surface area contributed by atoms with Gasteiger partial charge in [0.2, 0.25) is 5.91 Å². The molecular formula is C12H10ClN3O3. The molecule has 1 heterocycles. The number of rotatable bonds is 3. The molecule has 2 aromatic rings. The van der Waals surface area contributed by atoms with Crippen LogP contribution in [-0.4, -0.2) is 15.9 Å². The van der Waals surface area contributed by atoms with E-state index in [4.69, 9.17) is 11.6 Å². The minimum atomic E-state index is -0.656. The predicted molar refractivity (Wildman–Crippen MR) is 71.5 cm³/mol. The first-order valence-electron chi connectivity index (χ1n) is 5.41. The molecule has 3 N–H and O–H groups in total. The molecule has 0 unspecified atom stereocenters. The Balaban J connectivity index is 2.12. The van der Waals surface area contributed by atoms with Crippen LogP contribution in [0.1, 0.15) is 5.56 Å². The second kappa shape index (κ2) is 5.53. The lowest BCUT2D eigenvalue weighted by atomic mass is 10.1. The van der Waals surface area contributed by atoms with Crippen molar-refractivity contribution in [3.8, 4) is 0 Å². The summed E-state index contributed by atoms with van der Waals surface area (Å²) in [4.78, 5) is 38.2. The fourth-order valence-electron chi connectivity index (χ4n) is 1.51. The fraction of sp³-hybridized carbons (Fsp3) is 0.0833. The minimum Gasteiger partial charge on any atom is -0.320 e. The molecule has 0 fully saturated rings. The number of halogens is 1. The Bertz CT molecular complexity index is 720. The summed E-state index contributed by atoms with van der Waals surface area (Å²) in [6.07, 6.45) is 1.18. The quantitative estimate of drug-likeness (QED) is 0.779. The van der Waals surface area contributed by atoms with E-state index in [9.17, 15) is 14.4 Å². The van der Waals surface area contributed by atoms with Crippen LogP contribution in [0.3, 0.4) is 0 Å². The average molecular weight is 280 g/mol. The molecule has 0 atom stereocenters. The van der Waals surface area contributed by atoms with Gasteiger partial charge in [-0.15, -0.1) is 0 Å². The molecule has 6 nitrogen and oxygen atoms in total. The van der Waals surface area contributed by atoms with E-state index in [1.165, 1.54) is 0 Å². The molecule has 0 spiro atoms. The summed E-state index contributed by atoms with van der Waals surface area (Å²) < 4.78 is 0. The van der Waals surface area contributed by atoms with Gasteiger partial charge in [0.1, 0.15) is 5.69 Å². The van der Waals surface area contributed by atoms with Gasteiger partial charge in [0.05, 0.1) is 6.42 Å². The molecule has 0 aliphatic heterocycles. The number of H-pyrrole nitrogens is 2. The molecule has 0 aliphatic rings. The highest BCUT2D eigenvalue weighted by molar-refractivity contribution is 6.31. The summed E-state index contributed by atoms with van der Waals surface area (Å²) in [5.41, 5.74) is -0.649. The van der Waals surface area contributed by atoms with Gasteiger partial charge in [-0.05, 0) is 11.6 Å². The number of anilines is 1. The lowest BCUT2D eigenvalue weighted by Crippen LogP contribution is -2.27. The molecular weight excluding hydrogens is 270 g/mol. The van der Waals surface area contributed by atoms with E-state index in [0.717, 1.165) is 6.20 Å². The van der Waals surface area contributed by atoms with Crippen molar-refractivity contribution in [1.82, 2.24) is 9.97 Å². The Hall–Kier alpha value is -2.34. The van der Waals surface area contributed by atoms with Crippen molar-refractivity contribution in [2.45, 2.75) is 6.42 Å². The Morgan fingerprint density at radius 2 is 2.00 bits per heavy atom. The molecule has 1 amide bonds. The molecule has 0 aliphatic carbocycles. The molecule has 0 bridgehead atoms. The summed E-state index contributed by atoms with van der Waals surface area (Å²) in [5, 5.41) is 2.88. The van der Waals surface area contributed by atoms with Crippen LogP contribution in [0.5, 0.6) is 0 Å². The van der Waals surface area contributed by atoms with Crippen molar-refractivity contribution >= 4 is 23.2 Å². The maximum absolute atomic E-state index is 11.8. The molecule has 98 valence electrons. The van der Waals surface area contributed by atoms with Crippen molar-refractivity contribution < 1.29 is 4.79 Å². The molecule has 0 saturated heterocycles. The first kappa shape index (κ1) is 13.1. The molecule has 19 heavy (non-hydrogen) atoms. The SMILES string of the molecule is O=C(Cc1ccccc1Cl)Nc1c[nH]c(=O)[nH]c1=O. The van der Waals surface area contributed by atoms with E-state index >= 15 is 0 Å². The van der Waals surface area contributed by atoms with E-state index in [1.807, 2.05) is 4.98 Å².